The number of rotatable bonds is 70. The maximum atomic E-state index is 12.3. The molecular formula is C81H148O14. The molecule has 8 N–H and O–H groups in total. The zero-order valence-electron chi connectivity index (χ0n) is 61.4. The lowest BCUT2D eigenvalue weighted by Crippen LogP contribution is -2.45. The minimum Gasteiger partial charge on any atom is -0.481 e. The molecule has 0 fully saturated rings. The van der Waals surface area contributed by atoms with Crippen LogP contribution in [-0.2, 0) is 28.8 Å². The first kappa shape index (κ1) is 95.5. The zero-order valence-corrected chi connectivity index (χ0v) is 61.4. The largest absolute Gasteiger partial charge is 0.481 e. The van der Waals surface area contributed by atoms with Gasteiger partial charge in [0.2, 0.25) is 0 Å². The fourth-order valence-electron chi connectivity index (χ4n) is 11.3. The standard InChI is InChI=1S/2C39H72O5.C3H4O4/c2*1-3-5-7-9-11-13-15-17-19-21-23-25-27-29-31-33-35(40)37(42)39(44)38(43)36(41)34-32-30-28-26-24-22-20-18-16-14-12-10-8-6-4-2;4-2(5)1-3(6)7/h2*17-20,37-39,42-44H,3-16,21-34H2,1-2H3;1H2,(H,4,5)(H,6,7)/b2*19-17-,20-18-;. The highest BCUT2D eigenvalue weighted by atomic mass is 16.4. The van der Waals surface area contributed by atoms with Crippen molar-refractivity contribution < 1.29 is 69.6 Å². The lowest BCUT2D eigenvalue weighted by molar-refractivity contribution is -0.148. The Morgan fingerprint density at radius 3 is 0.495 bits per heavy atom. The third-order valence-corrected chi connectivity index (χ3v) is 17.7. The van der Waals surface area contributed by atoms with Crippen molar-refractivity contribution in [3.63, 3.8) is 0 Å². The predicted octanol–water partition coefficient (Wildman–Crippen LogP) is 20.1. The van der Waals surface area contributed by atoms with Gasteiger partial charge in [0.05, 0.1) is 0 Å². The van der Waals surface area contributed by atoms with Crippen LogP contribution in [-0.4, -0.2) is 113 Å². The number of unbranched alkanes of at least 4 members (excludes halogenated alkanes) is 44. The van der Waals surface area contributed by atoms with E-state index >= 15 is 0 Å². The van der Waals surface area contributed by atoms with Crippen LogP contribution in [0.1, 0.15) is 394 Å². The molecule has 0 aliphatic carbocycles. The van der Waals surface area contributed by atoms with E-state index in [9.17, 15) is 59.4 Å². The molecule has 0 rings (SSSR count). The van der Waals surface area contributed by atoms with Crippen LogP contribution in [0.25, 0.3) is 0 Å². The van der Waals surface area contributed by atoms with E-state index in [1.54, 1.807) is 0 Å². The van der Waals surface area contributed by atoms with E-state index in [0.717, 1.165) is 128 Å². The second-order valence-electron chi connectivity index (χ2n) is 26.9. The Bertz CT molecular complexity index is 1610. The van der Waals surface area contributed by atoms with E-state index in [1.165, 1.54) is 180 Å². The summed E-state index contributed by atoms with van der Waals surface area (Å²) in [5, 5.41) is 76.7. The van der Waals surface area contributed by atoms with Gasteiger partial charge < -0.3 is 40.9 Å². The number of Topliss-reactive ketones (excluding diaryl/α,β-unsaturated/α-hetero) is 4. The number of carbonyl (C=O) groups excluding carboxylic acids is 4. The fraction of sp³-hybridized carbons (Fsp3) is 0.827. The summed E-state index contributed by atoms with van der Waals surface area (Å²) in [4.78, 5) is 68.1. The third kappa shape index (κ3) is 70.0. The molecule has 0 aromatic carbocycles. The first-order valence-corrected chi connectivity index (χ1v) is 39.3. The number of ketones is 4. The Kier molecular flexibility index (Phi) is 76.5. The van der Waals surface area contributed by atoms with Gasteiger partial charge in [-0.25, -0.2) is 0 Å². The third-order valence-electron chi connectivity index (χ3n) is 17.7. The minimum absolute atomic E-state index is 0.158. The molecule has 0 aromatic rings. The van der Waals surface area contributed by atoms with Gasteiger partial charge in [-0.2, -0.15) is 0 Å². The average molecular weight is 1350 g/mol. The van der Waals surface area contributed by atoms with Gasteiger partial charge >= 0.3 is 11.9 Å². The molecule has 0 aliphatic rings. The highest BCUT2D eigenvalue weighted by Gasteiger charge is 2.34. The number of carboxylic acid groups (broad SMARTS) is 2. The summed E-state index contributed by atoms with van der Waals surface area (Å²) in [6.45, 7) is 8.99. The molecule has 0 saturated heterocycles. The lowest BCUT2D eigenvalue weighted by Gasteiger charge is -2.21. The van der Waals surface area contributed by atoms with Gasteiger partial charge in [-0.15, -0.1) is 0 Å². The van der Waals surface area contributed by atoms with Crippen LogP contribution >= 0.6 is 0 Å². The number of aliphatic hydroxyl groups is 6. The Hall–Kier alpha value is -3.66. The maximum Gasteiger partial charge on any atom is 0.314 e. The molecule has 4 unspecified atom stereocenters. The van der Waals surface area contributed by atoms with E-state index in [2.05, 4.69) is 76.3 Å². The fourth-order valence-corrected chi connectivity index (χ4v) is 11.3. The molecule has 0 amide bonds. The van der Waals surface area contributed by atoms with Gasteiger partial charge in [0.15, 0.2) is 23.1 Å². The first-order valence-electron chi connectivity index (χ1n) is 39.3. The number of aliphatic hydroxyl groups excluding tert-OH is 6. The zero-order chi connectivity index (χ0) is 70.9. The SMILES string of the molecule is CCCCCCCC/C=C\CCCCCCCC(=O)C(O)C(O)C(O)C(=O)CCCCCCC/C=C\CCCCCCCC.CCCCCCCC/C=C\CCCCCCCC(=O)C(O)C(O)C(O)C(=O)CCCCCCC/C=C\CCCCCCCC.O=C(O)CC(=O)O. The van der Waals surface area contributed by atoms with Gasteiger partial charge in [-0.05, 0) is 128 Å². The van der Waals surface area contributed by atoms with Crippen molar-refractivity contribution in [2.24, 2.45) is 0 Å². The lowest BCUT2D eigenvalue weighted by atomic mass is 9.95. The first-order chi connectivity index (χ1) is 46.0. The second-order valence-corrected chi connectivity index (χ2v) is 26.9. The highest BCUT2D eigenvalue weighted by Crippen LogP contribution is 2.19. The second kappa shape index (κ2) is 76.1. The molecule has 95 heavy (non-hydrogen) atoms. The van der Waals surface area contributed by atoms with E-state index in [4.69, 9.17) is 10.2 Å². The number of hydrogen-bond donors (Lipinski definition) is 8. The van der Waals surface area contributed by atoms with E-state index < -0.39 is 78.1 Å². The molecule has 4 atom stereocenters. The van der Waals surface area contributed by atoms with Crippen molar-refractivity contribution in [2.45, 2.75) is 430 Å². The average Bonchev–Trinajstić information content (AvgIpc) is 1.03. The summed E-state index contributed by atoms with van der Waals surface area (Å²) in [6.07, 6.45) is 68.4. The van der Waals surface area contributed by atoms with Crippen molar-refractivity contribution in [1.29, 1.82) is 0 Å². The van der Waals surface area contributed by atoms with Crippen molar-refractivity contribution in [3.8, 4) is 0 Å². The molecule has 14 nitrogen and oxygen atoms in total. The molecule has 0 heterocycles. The molecule has 0 aliphatic heterocycles. The number of aliphatic carboxylic acids is 2. The smallest absolute Gasteiger partial charge is 0.314 e. The van der Waals surface area contributed by atoms with Gasteiger partial charge in [-0.1, -0.05) is 282 Å². The monoisotopic (exact) mass is 1350 g/mol. The summed E-state index contributed by atoms with van der Waals surface area (Å²) >= 11 is 0. The number of allylic oxidation sites excluding steroid dienone is 8. The van der Waals surface area contributed by atoms with Crippen LogP contribution in [0.4, 0.5) is 0 Å². The quantitative estimate of drug-likeness (QED) is 0.0160. The molecule has 0 aromatic heterocycles. The van der Waals surface area contributed by atoms with E-state index in [-0.39, 0.29) is 25.7 Å². The summed E-state index contributed by atoms with van der Waals surface area (Å²) in [6, 6.07) is 0. The number of carbonyl (C=O) groups is 6. The Labute approximate surface area is 581 Å². The molecule has 0 bridgehead atoms. The van der Waals surface area contributed by atoms with Crippen molar-refractivity contribution in [1.82, 2.24) is 0 Å². The highest BCUT2D eigenvalue weighted by molar-refractivity contribution is 5.89. The minimum atomic E-state index is -1.75. The van der Waals surface area contributed by atoms with Gasteiger partial charge in [0.1, 0.15) is 43.0 Å². The molecular weight excluding hydrogens is 1200 g/mol. The van der Waals surface area contributed by atoms with E-state index in [1.807, 2.05) is 0 Å². The Balaban J connectivity index is -0.00000161. The Morgan fingerprint density at radius 2 is 0.358 bits per heavy atom. The van der Waals surface area contributed by atoms with Crippen LogP contribution in [0.5, 0.6) is 0 Å². The summed E-state index contributed by atoms with van der Waals surface area (Å²) in [5.41, 5.74) is 0. The maximum absolute atomic E-state index is 12.3. The number of carboxylic acids is 2. The number of hydrogen-bond acceptors (Lipinski definition) is 12. The molecule has 0 spiro atoms. The van der Waals surface area contributed by atoms with Crippen molar-refractivity contribution in [3.05, 3.63) is 48.6 Å². The van der Waals surface area contributed by atoms with Gasteiger partial charge in [0, 0.05) is 25.7 Å². The molecule has 0 radical (unpaired) electrons. The summed E-state index contributed by atoms with van der Waals surface area (Å²) < 4.78 is 0. The van der Waals surface area contributed by atoms with Crippen LogP contribution in [0, 0.1) is 0 Å². The molecule has 556 valence electrons. The molecule has 14 heteroatoms. The van der Waals surface area contributed by atoms with Crippen LogP contribution in [0.3, 0.4) is 0 Å². The summed E-state index contributed by atoms with van der Waals surface area (Å²) in [5.74, 6) is -4.61. The van der Waals surface area contributed by atoms with Crippen LogP contribution in [0.2, 0.25) is 0 Å². The Morgan fingerprint density at radius 1 is 0.221 bits per heavy atom. The van der Waals surface area contributed by atoms with Crippen molar-refractivity contribution in [2.75, 3.05) is 0 Å². The van der Waals surface area contributed by atoms with Gasteiger partial charge in [0.25, 0.3) is 0 Å². The van der Waals surface area contributed by atoms with Crippen molar-refractivity contribution >= 4 is 35.1 Å². The topological polar surface area (TPSA) is 264 Å². The van der Waals surface area contributed by atoms with Gasteiger partial charge in [-0.3, -0.25) is 28.8 Å². The normalized spacial score (nSPS) is 13.6. The predicted molar refractivity (Wildman–Crippen MR) is 394 cm³/mol. The van der Waals surface area contributed by atoms with E-state index in [0.29, 0.717) is 25.7 Å². The molecule has 0 saturated carbocycles. The summed E-state index contributed by atoms with van der Waals surface area (Å²) in [7, 11) is 0. The van der Waals surface area contributed by atoms with Crippen LogP contribution in [0.15, 0.2) is 48.6 Å². The van der Waals surface area contributed by atoms with Crippen LogP contribution < -0.4 is 0 Å².